The predicted octanol–water partition coefficient (Wildman–Crippen LogP) is 3.59. The quantitative estimate of drug-likeness (QED) is 0.684. The summed E-state index contributed by atoms with van der Waals surface area (Å²) in [6.45, 7) is 0.688. The van der Waals surface area contributed by atoms with E-state index in [1.807, 2.05) is 18.4 Å². The fraction of sp³-hybridized carbons (Fsp3) is 0.350. The zero-order valence-electron chi connectivity index (χ0n) is 15.6. The molecule has 0 N–H and O–H groups in total. The number of nitrogens with zero attached hydrogens (tertiary/aromatic N) is 1. The normalized spacial score (nSPS) is 19.5. The lowest BCUT2D eigenvalue weighted by atomic mass is 10.2. The van der Waals surface area contributed by atoms with Crippen LogP contribution in [0.5, 0.6) is 11.5 Å². The van der Waals surface area contributed by atoms with Crippen LogP contribution in [0, 0.1) is 13.8 Å². The number of hydrogen-bond acceptors (Lipinski definition) is 4. The second-order valence-corrected chi connectivity index (χ2v) is 8.20. The molecule has 0 aliphatic carbocycles. The average Bonchev–Trinajstić information content (AvgIpc) is 3.00. The van der Waals surface area contributed by atoms with Crippen LogP contribution < -0.4 is 14.9 Å². The van der Waals surface area contributed by atoms with E-state index in [2.05, 4.69) is 4.74 Å². The summed E-state index contributed by atoms with van der Waals surface area (Å²) in [5, 5.41) is 0. The first-order chi connectivity index (χ1) is 13.3. The molecule has 1 saturated heterocycles. The van der Waals surface area contributed by atoms with Crippen molar-refractivity contribution in [2.24, 2.45) is 0 Å². The Kier molecular flexibility index (Phi) is 6.41. The predicted molar refractivity (Wildman–Crippen MR) is 105 cm³/mol. The van der Waals surface area contributed by atoms with Gasteiger partial charge in [0, 0.05) is 36.1 Å². The van der Waals surface area contributed by atoms with Gasteiger partial charge in [-0.1, -0.05) is 6.07 Å². The molecule has 0 bridgehead atoms. The lowest BCUT2D eigenvalue weighted by Gasteiger charge is -2.16. The van der Waals surface area contributed by atoms with Gasteiger partial charge in [-0.15, -0.1) is 0 Å². The van der Waals surface area contributed by atoms with Crippen LogP contribution in [-0.4, -0.2) is 33.3 Å². The summed E-state index contributed by atoms with van der Waals surface area (Å²) in [6.07, 6.45) is 3.90. The van der Waals surface area contributed by atoms with Gasteiger partial charge >= 0.3 is 6.61 Å². The summed E-state index contributed by atoms with van der Waals surface area (Å²) >= 11 is -0.942. The summed E-state index contributed by atoms with van der Waals surface area (Å²) in [7, 11) is 0. The highest BCUT2D eigenvalue weighted by atomic mass is 32.2. The summed E-state index contributed by atoms with van der Waals surface area (Å²) in [6, 6.07) is 7.75. The molecule has 1 aliphatic heterocycles. The lowest BCUT2D eigenvalue weighted by Crippen LogP contribution is -2.18. The Morgan fingerprint density at radius 1 is 1.21 bits per heavy atom. The molecule has 0 saturated carbocycles. The Hall–Kier alpha value is -2.32. The van der Waals surface area contributed by atoms with E-state index in [1.165, 1.54) is 18.2 Å². The van der Waals surface area contributed by atoms with Gasteiger partial charge in [-0.3, -0.25) is 4.79 Å². The van der Waals surface area contributed by atoms with Crippen LogP contribution in [0.25, 0.3) is 12.3 Å². The van der Waals surface area contributed by atoms with Crippen LogP contribution >= 0.6 is 0 Å². The van der Waals surface area contributed by atoms with E-state index < -0.39 is 17.8 Å². The van der Waals surface area contributed by atoms with Crippen LogP contribution in [0.1, 0.15) is 23.4 Å². The number of ether oxygens (including phenoxy) is 2. The Morgan fingerprint density at radius 2 is 1.93 bits per heavy atom. The van der Waals surface area contributed by atoms with Gasteiger partial charge in [0.2, 0.25) is 0 Å². The van der Waals surface area contributed by atoms with E-state index in [-0.39, 0.29) is 23.0 Å². The minimum Gasteiger partial charge on any atom is -0.616 e. The van der Waals surface area contributed by atoms with Gasteiger partial charge in [0.05, 0.1) is 0 Å². The van der Waals surface area contributed by atoms with Crippen molar-refractivity contribution in [1.82, 2.24) is 4.57 Å². The van der Waals surface area contributed by atoms with Crippen LogP contribution in [0.4, 0.5) is 8.78 Å². The summed E-state index contributed by atoms with van der Waals surface area (Å²) in [5.41, 5.74) is 2.22. The Balaban J connectivity index is 1.87. The fourth-order valence-electron chi connectivity index (χ4n) is 3.09. The minimum absolute atomic E-state index is 0.0550. The van der Waals surface area contributed by atoms with E-state index in [1.54, 1.807) is 24.4 Å². The number of pyridine rings is 1. The largest absolute Gasteiger partial charge is 0.616 e. The van der Waals surface area contributed by atoms with Gasteiger partial charge in [-0.25, -0.2) is 0 Å². The maximum absolute atomic E-state index is 12.7. The van der Waals surface area contributed by atoms with Gasteiger partial charge < -0.3 is 18.6 Å². The van der Waals surface area contributed by atoms with Crippen molar-refractivity contribution in [3.63, 3.8) is 0 Å². The van der Waals surface area contributed by atoms with Crippen molar-refractivity contribution in [2.75, 3.05) is 11.5 Å². The van der Waals surface area contributed by atoms with E-state index in [0.29, 0.717) is 23.5 Å². The number of halogens is 2. The van der Waals surface area contributed by atoms with Crippen molar-refractivity contribution in [3.05, 3.63) is 57.5 Å². The maximum atomic E-state index is 12.7. The first-order valence-electron chi connectivity index (χ1n) is 8.80. The molecule has 150 valence electrons. The van der Waals surface area contributed by atoms with Crippen LogP contribution in [0.3, 0.4) is 0 Å². The summed E-state index contributed by atoms with van der Waals surface area (Å²) < 4.78 is 49.2. The number of rotatable bonds is 6. The molecular formula is C20H21F2NO4S. The molecule has 3 rings (SSSR count). The number of alkyl halides is 2. The summed E-state index contributed by atoms with van der Waals surface area (Å²) in [5.74, 6) is 1.06. The van der Waals surface area contributed by atoms with Gasteiger partial charge in [0.1, 0.15) is 17.6 Å². The SMILES string of the molecule is Cc1cc(=O)cc(C)n1/C=C/c1ccc(OC(F)F)c(OC2CC[S+]([O-])C2)c1. The Labute approximate surface area is 164 Å². The monoisotopic (exact) mass is 409 g/mol. The van der Waals surface area contributed by atoms with Crippen LogP contribution in [-0.2, 0) is 11.2 Å². The molecule has 1 aromatic heterocycles. The summed E-state index contributed by atoms with van der Waals surface area (Å²) in [4.78, 5) is 11.5. The second-order valence-electron chi connectivity index (χ2n) is 6.58. The first kappa shape index (κ1) is 20.4. The van der Waals surface area contributed by atoms with E-state index in [0.717, 1.165) is 11.4 Å². The first-order valence-corrected chi connectivity index (χ1v) is 10.3. The van der Waals surface area contributed by atoms with Crippen molar-refractivity contribution in [2.45, 2.75) is 33.0 Å². The highest BCUT2D eigenvalue weighted by Gasteiger charge is 2.28. The molecule has 2 aromatic rings. The van der Waals surface area contributed by atoms with E-state index in [9.17, 15) is 18.1 Å². The van der Waals surface area contributed by atoms with Gasteiger partial charge in [-0.2, -0.15) is 8.78 Å². The number of aryl methyl sites for hydroxylation is 2. The molecule has 1 aromatic carbocycles. The molecule has 0 amide bonds. The highest BCUT2D eigenvalue weighted by Crippen LogP contribution is 2.33. The molecule has 2 heterocycles. The second kappa shape index (κ2) is 8.79. The molecule has 1 fully saturated rings. The molecule has 2 atom stereocenters. The van der Waals surface area contributed by atoms with Crippen molar-refractivity contribution < 1.29 is 22.8 Å². The van der Waals surface area contributed by atoms with E-state index in [4.69, 9.17) is 4.74 Å². The molecule has 1 aliphatic rings. The highest BCUT2D eigenvalue weighted by molar-refractivity contribution is 7.91. The third-order valence-corrected chi connectivity index (χ3v) is 5.83. The standard InChI is InChI=1S/C20H21F2NO4S/c1-13-9-16(24)10-14(2)23(13)7-5-15-3-4-18(27-20(21)22)19(11-15)26-17-6-8-28(25)12-17/h3-5,7,9-11,17,20H,6,8,12H2,1-2H3/b7-5+. The number of hydrogen-bond donors (Lipinski definition) is 0. The third kappa shape index (κ3) is 5.14. The average molecular weight is 409 g/mol. The van der Waals surface area contributed by atoms with Crippen molar-refractivity contribution >= 4 is 23.5 Å². The van der Waals surface area contributed by atoms with Crippen LogP contribution in [0.2, 0.25) is 0 Å². The smallest absolute Gasteiger partial charge is 0.387 e. The van der Waals surface area contributed by atoms with Crippen molar-refractivity contribution in [3.8, 4) is 11.5 Å². The molecule has 28 heavy (non-hydrogen) atoms. The lowest BCUT2D eigenvalue weighted by molar-refractivity contribution is -0.0519. The number of aromatic nitrogens is 1. The molecular weight excluding hydrogens is 388 g/mol. The van der Waals surface area contributed by atoms with Crippen molar-refractivity contribution in [1.29, 1.82) is 0 Å². The third-order valence-electron chi connectivity index (χ3n) is 4.40. The molecule has 2 unspecified atom stereocenters. The minimum atomic E-state index is -2.96. The molecule has 0 radical (unpaired) electrons. The van der Waals surface area contributed by atoms with E-state index >= 15 is 0 Å². The zero-order valence-corrected chi connectivity index (χ0v) is 16.4. The van der Waals surface area contributed by atoms with Gasteiger partial charge in [0.25, 0.3) is 0 Å². The van der Waals surface area contributed by atoms with Gasteiger partial charge in [-0.05, 0) is 48.8 Å². The van der Waals surface area contributed by atoms with Gasteiger partial charge in [0.15, 0.2) is 16.9 Å². The fourth-order valence-corrected chi connectivity index (χ4v) is 4.43. The zero-order chi connectivity index (χ0) is 20.3. The Bertz CT molecular complexity index is 903. The topological polar surface area (TPSA) is 63.5 Å². The number of benzene rings is 1. The molecule has 8 heteroatoms. The molecule has 5 nitrogen and oxygen atoms in total. The molecule has 0 spiro atoms. The maximum Gasteiger partial charge on any atom is 0.387 e. The van der Waals surface area contributed by atoms with Crippen LogP contribution in [0.15, 0.2) is 35.1 Å². The Morgan fingerprint density at radius 3 is 2.54 bits per heavy atom.